The lowest BCUT2D eigenvalue weighted by Crippen LogP contribution is -2.40. The zero-order valence-electron chi connectivity index (χ0n) is 21.2. The summed E-state index contributed by atoms with van der Waals surface area (Å²) in [6.45, 7) is 3.61. The fraction of sp³-hybridized carbons (Fsp3) is 0.280. The van der Waals surface area contributed by atoms with Gasteiger partial charge in [-0.3, -0.25) is 0 Å². The fourth-order valence-electron chi connectivity index (χ4n) is 3.93. The molecule has 3 aromatic rings. The van der Waals surface area contributed by atoms with Gasteiger partial charge in [-0.05, 0) is 67.8 Å². The second-order valence-electron chi connectivity index (χ2n) is 8.42. The Morgan fingerprint density at radius 2 is 1.68 bits per heavy atom. The van der Waals surface area contributed by atoms with E-state index in [0.29, 0.717) is 35.0 Å². The predicted octanol–water partition coefficient (Wildman–Crippen LogP) is 1.10. The summed E-state index contributed by atoms with van der Waals surface area (Å²) in [6, 6.07) is 12.3. The van der Waals surface area contributed by atoms with E-state index < -0.39 is 16.2 Å². The molecule has 0 fully saturated rings. The zero-order chi connectivity index (χ0) is 26.6. The minimum atomic E-state index is -3.74. The molecule has 193 valence electrons. The minimum Gasteiger partial charge on any atom is -0.493 e. The number of aryl methyl sites for hydroxylation is 1. The molecule has 2 aromatic carbocycles. The van der Waals surface area contributed by atoms with Crippen molar-refractivity contribution < 1.29 is 27.5 Å². The van der Waals surface area contributed by atoms with E-state index in [1.54, 1.807) is 58.6 Å². The van der Waals surface area contributed by atoms with Crippen LogP contribution in [0.4, 0.5) is 0 Å². The molecular formula is C25H28BN4O6S. The molecule has 37 heavy (non-hydrogen) atoms. The Bertz CT molecular complexity index is 1390. The molecule has 0 saturated heterocycles. The number of methoxy groups -OCH3 is 3. The van der Waals surface area contributed by atoms with Gasteiger partial charge < -0.3 is 19.0 Å². The number of aromatic nitrogens is 2. The van der Waals surface area contributed by atoms with Gasteiger partial charge in [-0.2, -0.15) is 14.9 Å². The number of allylic oxidation sites excluding steroid dienone is 1. The molecule has 0 aliphatic carbocycles. The van der Waals surface area contributed by atoms with E-state index in [9.17, 15) is 8.42 Å². The van der Waals surface area contributed by atoms with E-state index in [-0.39, 0.29) is 4.90 Å². The fourth-order valence-corrected chi connectivity index (χ4v) is 5.01. The van der Waals surface area contributed by atoms with Crippen LogP contribution < -0.4 is 35.5 Å². The summed E-state index contributed by atoms with van der Waals surface area (Å²) in [5.41, 5.74) is 6.71. The summed E-state index contributed by atoms with van der Waals surface area (Å²) in [5.74, 6) is 2.25. The van der Waals surface area contributed by atoms with Crippen LogP contribution in [0.3, 0.4) is 0 Å². The second kappa shape index (κ2) is 11.2. The number of hydrogen-bond acceptors (Lipinski definition) is 9. The SMILES string of the molecule is COc1cc(Cc2cc(C)nnc2[B]c2ccc(S(=O)(=O)NC3C=C(C)ON3)cc2)cc(OC)c1OC. The Labute approximate surface area is 217 Å². The van der Waals surface area contributed by atoms with Crippen LogP contribution in [0.5, 0.6) is 17.2 Å². The molecule has 1 aliphatic heterocycles. The number of hydrogen-bond donors (Lipinski definition) is 2. The van der Waals surface area contributed by atoms with Gasteiger partial charge in [0.05, 0.1) is 31.9 Å². The first-order chi connectivity index (χ1) is 17.7. The van der Waals surface area contributed by atoms with Crippen molar-refractivity contribution in [1.82, 2.24) is 20.4 Å². The Morgan fingerprint density at radius 3 is 2.24 bits per heavy atom. The summed E-state index contributed by atoms with van der Waals surface area (Å²) >= 11 is 0. The van der Waals surface area contributed by atoms with Gasteiger partial charge in [-0.1, -0.05) is 17.6 Å². The topological polar surface area (TPSA) is 121 Å². The van der Waals surface area contributed by atoms with Crippen LogP contribution >= 0.6 is 0 Å². The Kier molecular flexibility index (Phi) is 8.01. The van der Waals surface area contributed by atoms with Crippen molar-refractivity contribution in [2.45, 2.75) is 31.3 Å². The van der Waals surface area contributed by atoms with Crippen molar-refractivity contribution in [2.75, 3.05) is 21.3 Å². The van der Waals surface area contributed by atoms with Gasteiger partial charge in [0.15, 0.2) is 11.5 Å². The molecule has 1 atom stereocenters. The van der Waals surface area contributed by atoms with Crippen molar-refractivity contribution >= 4 is 28.4 Å². The zero-order valence-corrected chi connectivity index (χ0v) is 22.0. The molecule has 2 heterocycles. The average molecular weight is 523 g/mol. The molecule has 0 saturated carbocycles. The molecule has 1 radical (unpaired) electrons. The van der Waals surface area contributed by atoms with Crippen molar-refractivity contribution in [3.63, 3.8) is 0 Å². The molecule has 10 nitrogen and oxygen atoms in total. The van der Waals surface area contributed by atoms with Crippen molar-refractivity contribution in [3.8, 4) is 17.2 Å². The van der Waals surface area contributed by atoms with Gasteiger partial charge in [0, 0.05) is 5.59 Å². The Balaban J connectivity index is 1.55. The monoisotopic (exact) mass is 523 g/mol. The molecule has 12 heteroatoms. The van der Waals surface area contributed by atoms with Crippen LogP contribution in [0.1, 0.15) is 23.7 Å². The lowest BCUT2D eigenvalue weighted by molar-refractivity contribution is 0.115. The first-order valence-electron chi connectivity index (χ1n) is 11.4. The third-order valence-electron chi connectivity index (χ3n) is 5.67. The summed E-state index contributed by atoms with van der Waals surface area (Å²) in [5, 5.41) is 8.60. The number of nitrogens with zero attached hydrogens (tertiary/aromatic N) is 2. The summed E-state index contributed by atoms with van der Waals surface area (Å²) in [7, 11) is 2.84. The van der Waals surface area contributed by atoms with Gasteiger partial charge in [-0.25, -0.2) is 8.42 Å². The summed E-state index contributed by atoms with van der Waals surface area (Å²) in [6.07, 6.45) is 1.56. The number of rotatable bonds is 10. The molecule has 0 amide bonds. The lowest BCUT2D eigenvalue weighted by atomic mass is 9.65. The molecule has 0 spiro atoms. The predicted molar refractivity (Wildman–Crippen MR) is 139 cm³/mol. The molecule has 1 aromatic heterocycles. The molecular weight excluding hydrogens is 495 g/mol. The average Bonchev–Trinajstić information content (AvgIpc) is 3.28. The molecule has 2 N–H and O–H groups in total. The number of benzene rings is 2. The second-order valence-corrected chi connectivity index (χ2v) is 10.1. The van der Waals surface area contributed by atoms with Gasteiger partial charge in [-0.15, -0.1) is 5.48 Å². The standard InChI is InChI=1S/C25H28BN4O6S/c1-15-10-18(12-17-13-21(33-3)24(35-5)22(14-17)34-4)25(28-27-15)26-19-6-8-20(9-7-19)37(31,32)30-23-11-16(2)36-29-23/h6-11,13-14,23,29-30H,12H2,1-5H3. The first kappa shape index (κ1) is 26.5. The van der Waals surface area contributed by atoms with Crippen LogP contribution in [0.2, 0.25) is 0 Å². The maximum Gasteiger partial charge on any atom is 0.242 e. The molecule has 1 aliphatic rings. The maximum absolute atomic E-state index is 12.7. The van der Waals surface area contributed by atoms with Crippen LogP contribution in [-0.4, -0.2) is 53.4 Å². The number of hydroxylamine groups is 1. The van der Waals surface area contributed by atoms with E-state index in [0.717, 1.165) is 22.3 Å². The normalized spacial score (nSPS) is 15.1. The van der Waals surface area contributed by atoms with E-state index in [1.807, 2.05) is 32.4 Å². The third-order valence-corrected chi connectivity index (χ3v) is 7.13. The first-order valence-corrected chi connectivity index (χ1v) is 12.9. The van der Waals surface area contributed by atoms with Crippen molar-refractivity contribution in [3.05, 3.63) is 71.1 Å². The van der Waals surface area contributed by atoms with Crippen molar-refractivity contribution in [1.29, 1.82) is 0 Å². The summed E-state index contributed by atoms with van der Waals surface area (Å²) in [4.78, 5) is 5.21. The van der Waals surface area contributed by atoms with Crippen LogP contribution in [0.25, 0.3) is 0 Å². The lowest BCUT2D eigenvalue weighted by Gasteiger charge is -2.15. The van der Waals surface area contributed by atoms with Gasteiger partial charge in [0.25, 0.3) is 0 Å². The van der Waals surface area contributed by atoms with Crippen molar-refractivity contribution in [2.24, 2.45) is 0 Å². The highest BCUT2D eigenvalue weighted by Crippen LogP contribution is 2.38. The smallest absolute Gasteiger partial charge is 0.242 e. The Morgan fingerprint density at radius 1 is 1.00 bits per heavy atom. The minimum absolute atomic E-state index is 0.136. The van der Waals surface area contributed by atoms with Crippen LogP contribution in [0, 0.1) is 6.92 Å². The third kappa shape index (κ3) is 6.21. The Hall–Kier alpha value is -3.61. The quantitative estimate of drug-likeness (QED) is 0.377. The van der Waals surface area contributed by atoms with Gasteiger partial charge in [0.2, 0.25) is 23.1 Å². The summed E-state index contributed by atoms with van der Waals surface area (Å²) < 4.78 is 44.4. The van der Waals surface area contributed by atoms with E-state index in [1.165, 1.54) is 0 Å². The number of nitrogens with one attached hydrogen (secondary N) is 2. The largest absolute Gasteiger partial charge is 0.493 e. The molecule has 4 rings (SSSR count). The number of ether oxygens (including phenoxy) is 3. The maximum atomic E-state index is 12.7. The highest BCUT2D eigenvalue weighted by molar-refractivity contribution is 7.89. The molecule has 1 unspecified atom stereocenters. The molecule has 0 bridgehead atoms. The van der Waals surface area contributed by atoms with Gasteiger partial charge >= 0.3 is 0 Å². The van der Waals surface area contributed by atoms with Crippen LogP contribution in [0.15, 0.2) is 59.2 Å². The van der Waals surface area contributed by atoms with E-state index in [4.69, 9.17) is 19.0 Å². The van der Waals surface area contributed by atoms with E-state index in [2.05, 4.69) is 20.4 Å². The highest BCUT2D eigenvalue weighted by Gasteiger charge is 2.23. The van der Waals surface area contributed by atoms with Gasteiger partial charge in [0.1, 0.15) is 11.9 Å². The number of sulfonamides is 1. The van der Waals surface area contributed by atoms with Crippen LogP contribution in [-0.2, 0) is 21.3 Å². The highest BCUT2D eigenvalue weighted by atomic mass is 32.2. The van der Waals surface area contributed by atoms with E-state index >= 15 is 0 Å².